The van der Waals surface area contributed by atoms with Crippen LogP contribution in [0.3, 0.4) is 0 Å². The number of aromatic amines is 1. The van der Waals surface area contributed by atoms with Gasteiger partial charge in [-0.3, -0.25) is 4.79 Å². The van der Waals surface area contributed by atoms with Crippen LogP contribution in [0.15, 0.2) is 24.3 Å². The quantitative estimate of drug-likeness (QED) is 0.828. The van der Waals surface area contributed by atoms with Gasteiger partial charge in [0.25, 0.3) is 0 Å². The summed E-state index contributed by atoms with van der Waals surface area (Å²) >= 11 is 5.01. The predicted molar refractivity (Wildman–Crippen MR) is 70.1 cm³/mol. The maximum Gasteiger partial charge on any atom is 0.242 e. The van der Waals surface area contributed by atoms with E-state index >= 15 is 0 Å². The van der Waals surface area contributed by atoms with E-state index in [1.807, 2.05) is 31.2 Å². The van der Waals surface area contributed by atoms with Crippen LogP contribution in [0.1, 0.15) is 19.8 Å². The SMILES string of the molecule is CCCC(=O)Nc1cccc(-n2[nH]nnc2=S)c1. The molecule has 0 bridgehead atoms. The van der Waals surface area contributed by atoms with Crippen LogP contribution in [0.5, 0.6) is 0 Å². The molecule has 2 aromatic rings. The second-order valence-electron chi connectivity index (χ2n) is 3.77. The number of aromatic nitrogens is 4. The molecule has 1 aromatic heterocycles. The van der Waals surface area contributed by atoms with Crippen molar-refractivity contribution < 1.29 is 4.79 Å². The summed E-state index contributed by atoms with van der Waals surface area (Å²) in [5.74, 6) is 0.000910. The van der Waals surface area contributed by atoms with E-state index in [9.17, 15) is 4.79 Å². The van der Waals surface area contributed by atoms with Crippen LogP contribution in [-0.4, -0.2) is 26.1 Å². The molecule has 2 rings (SSSR count). The summed E-state index contributed by atoms with van der Waals surface area (Å²) in [7, 11) is 0. The summed E-state index contributed by atoms with van der Waals surface area (Å²) in [6, 6.07) is 7.32. The van der Waals surface area contributed by atoms with E-state index in [0.717, 1.165) is 17.8 Å². The van der Waals surface area contributed by atoms with Gasteiger partial charge in [-0.05, 0) is 36.8 Å². The molecule has 0 aliphatic rings. The third-order valence-electron chi connectivity index (χ3n) is 2.34. The van der Waals surface area contributed by atoms with Crippen molar-refractivity contribution in [3.05, 3.63) is 29.0 Å². The number of nitrogens with one attached hydrogen (secondary N) is 2. The minimum Gasteiger partial charge on any atom is -0.326 e. The maximum atomic E-state index is 11.5. The highest BCUT2D eigenvalue weighted by Gasteiger charge is 2.04. The Morgan fingerprint density at radius 1 is 1.56 bits per heavy atom. The molecular weight excluding hydrogens is 250 g/mol. The molecule has 1 aromatic carbocycles. The molecule has 7 heteroatoms. The molecule has 0 saturated carbocycles. The fraction of sp³-hybridized carbons (Fsp3) is 0.273. The normalized spacial score (nSPS) is 10.3. The molecule has 18 heavy (non-hydrogen) atoms. The van der Waals surface area contributed by atoms with Crippen molar-refractivity contribution in [1.82, 2.24) is 20.2 Å². The molecule has 0 unspecified atom stereocenters. The number of hydrogen-bond donors (Lipinski definition) is 2. The fourth-order valence-corrected chi connectivity index (χ4v) is 1.73. The van der Waals surface area contributed by atoms with Crippen LogP contribution in [0.25, 0.3) is 5.69 Å². The van der Waals surface area contributed by atoms with Gasteiger partial charge >= 0.3 is 0 Å². The maximum absolute atomic E-state index is 11.5. The Labute approximate surface area is 109 Å². The zero-order valence-corrected chi connectivity index (χ0v) is 10.7. The van der Waals surface area contributed by atoms with Gasteiger partial charge < -0.3 is 5.32 Å². The summed E-state index contributed by atoms with van der Waals surface area (Å²) in [6.07, 6.45) is 1.33. The van der Waals surface area contributed by atoms with Crippen molar-refractivity contribution in [2.24, 2.45) is 0 Å². The zero-order valence-electron chi connectivity index (χ0n) is 9.88. The Hall–Kier alpha value is -2.02. The number of carbonyl (C=O) groups excluding carboxylic acids is 1. The molecule has 0 saturated heterocycles. The van der Waals surface area contributed by atoms with Crippen LogP contribution >= 0.6 is 12.2 Å². The first-order chi connectivity index (χ1) is 8.70. The van der Waals surface area contributed by atoms with Crippen molar-refractivity contribution in [2.75, 3.05) is 5.32 Å². The van der Waals surface area contributed by atoms with Crippen molar-refractivity contribution in [3.8, 4) is 5.69 Å². The number of rotatable bonds is 4. The highest BCUT2D eigenvalue weighted by Crippen LogP contribution is 2.14. The Kier molecular flexibility index (Phi) is 3.83. The van der Waals surface area contributed by atoms with Gasteiger partial charge in [0, 0.05) is 12.1 Å². The lowest BCUT2D eigenvalue weighted by atomic mass is 10.2. The van der Waals surface area contributed by atoms with Gasteiger partial charge in [0.15, 0.2) is 0 Å². The molecular formula is C11H13N5OS. The molecule has 0 fully saturated rings. The number of carbonyl (C=O) groups is 1. The summed E-state index contributed by atoms with van der Waals surface area (Å²) in [6.45, 7) is 1.96. The average Bonchev–Trinajstić information content (AvgIpc) is 2.76. The van der Waals surface area contributed by atoms with Crippen LogP contribution in [-0.2, 0) is 4.79 Å². The predicted octanol–water partition coefficient (Wildman–Crippen LogP) is 2.06. The number of tetrazole rings is 1. The Morgan fingerprint density at radius 3 is 3.06 bits per heavy atom. The lowest BCUT2D eigenvalue weighted by Gasteiger charge is -2.06. The van der Waals surface area contributed by atoms with E-state index in [0.29, 0.717) is 11.2 Å². The van der Waals surface area contributed by atoms with Gasteiger partial charge in [-0.1, -0.05) is 23.3 Å². The first-order valence-electron chi connectivity index (χ1n) is 5.61. The van der Waals surface area contributed by atoms with Gasteiger partial charge in [-0.15, -0.1) is 0 Å². The highest BCUT2D eigenvalue weighted by molar-refractivity contribution is 7.71. The van der Waals surface area contributed by atoms with Crippen LogP contribution in [0, 0.1) is 4.77 Å². The van der Waals surface area contributed by atoms with Crippen molar-refractivity contribution >= 4 is 23.8 Å². The van der Waals surface area contributed by atoms with Crippen molar-refractivity contribution in [1.29, 1.82) is 0 Å². The third kappa shape index (κ3) is 2.80. The molecule has 1 amide bonds. The minimum atomic E-state index is 0.000910. The molecule has 0 aliphatic carbocycles. The largest absolute Gasteiger partial charge is 0.326 e. The lowest BCUT2D eigenvalue weighted by Crippen LogP contribution is -2.10. The molecule has 0 atom stereocenters. The van der Waals surface area contributed by atoms with Crippen molar-refractivity contribution in [3.63, 3.8) is 0 Å². The van der Waals surface area contributed by atoms with Gasteiger partial charge in [0.05, 0.1) is 5.69 Å². The summed E-state index contributed by atoms with van der Waals surface area (Å²) in [5, 5.41) is 12.8. The smallest absolute Gasteiger partial charge is 0.242 e. The van der Waals surface area contributed by atoms with Gasteiger partial charge in [0.1, 0.15) is 0 Å². The van der Waals surface area contributed by atoms with Gasteiger partial charge in [-0.2, -0.15) is 5.21 Å². The van der Waals surface area contributed by atoms with E-state index in [1.165, 1.54) is 0 Å². The van der Waals surface area contributed by atoms with E-state index in [4.69, 9.17) is 12.2 Å². The van der Waals surface area contributed by atoms with Gasteiger partial charge in [-0.25, -0.2) is 4.68 Å². The van der Waals surface area contributed by atoms with Crippen LogP contribution in [0.4, 0.5) is 5.69 Å². The molecule has 1 heterocycles. The lowest BCUT2D eigenvalue weighted by molar-refractivity contribution is -0.116. The Bertz CT molecular complexity index is 603. The zero-order chi connectivity index (χ0) is 13.0. The summed E-state index contributed by atoms with van der Waals surface area (Å²) in [5.41, 5.74) is 1.50. The second-order valence-corrected chi connectivity index (χ2v) is 4.13. The Balaban J connectivity index is 2.23. The number of anilines is 1. The summed E-state index contributed by atoms with van der Waals surface area (Å²) < 4.78 is 1.90. The molecule has 2 N–H and O–H groups in total. The Morgan fingerprint density at radius 2 is 2.39 bits per heavy atom. The topological polar surface area (TPSA) is 75.6 Å². The van der Waals surface area contributed by atoms with E-state index in [-0.39, 0.29) is 5.91 Å². The molecule has 0 radical (unpaired) electrons. The van der Waals surface area contributed by atoms with Crippen LogP contribution < -0.4 is 5.32 Å². The third-order valence-corrected chi connectivity index (χ3v) is 2.60. The number of nitrogens with zero attached hydrogens (tertiary/aromatic N) is 3. The standard InChI is InChI=1S/C11H13N5OS/c1-2-4-10(17)12-8-5-3-6-9(7-8)16-11(18)13-14-15-16/h3,5-7H,2,4H2,1H3,(H,12,17)(H,13,15,18). The first kappa shape index (κ1) is 12.4. The molecule has 0 aliphatic heterocycles. The molecule has 6 nitrogen and oxygen atoms in total. The minimum absolute atomic E-state index is 0.000910. The number of hydrogen-bond acceptors (Lipinski definition) is 4. The monoisotopic (exact) mass is 263 g/mol. The number of H-pyrrole nitrogens is 1. The summed E-state index contributed by atoms with van der Waals surface area (Å²) in [4.78, 5) is 11.5. The molecule has 94 valence electrons. The highest BCUT2D eigenvalue weighted by atomic mass is 32.1. The van der Waals surface area contributed by atoms with E-state index < -0.39 is 0 Å². The average molecular weight is 263 g/mol. The van der Waals surface area contributed by atoms with Crippen LogP contribution in [0.2, 0.25) is 0 Å². The first-order valence-corrected chi connectivity index (χ1v) is 6.02. The van der Waals surface area contributed by atoms with Crippen molar-refractivity contribution in [2.45, 2.75) is 19.8 Å². The molecule has 0 spiro atoms. The van der Waals surface area contributed by atoms with Gasteiger partial charge in [0.2, 0.25) is 10.7 Å². The second kappa shape index (κ2) is 5.54. The number of amides is 1. The van der Waals surface area contributed by atoms with E-state index in [1.54, 1.807) is 4.68 Å². The number of benzene rings is 1. The fourth-order valence-electron chi connectivity index (χ4n) is 1.54. The van der Waals surface area contributed by atoms with E-state index in [2.05, 4.69) is 20.8 Å².